The highest BCUT2D eigenvalue weighted by atomic mass is 35.5. The largest absolute Gasteiger partial charge is 0.352 e. The number of imidazole rings is 1. The van der Waals surface area contributed by atoms with Crippen molar-refractivity contribution in [3.05, 3.63) is 89.2 Å². The van der Waals surface area contributed by atoms with Crippen LogP contribution in [0, 0.1) is 0 Å². The van der Waals surface area contributed by atoms with Crippen LogP contribution in [-0.4, -0.2) is 27.4 Å². The number of hydrogen-bond donors (Lipinski definition) is 2. The fraction of sp³-hybridized carbons (Fsp3) is 0.105. The molecule has 0 saturated carbocycles. The van der Waals surface area contributed by atoms with Gasteiger partial charge in [0.15, 0.2) is 0 Å². The van der Waals surface area contributed by atoms with E-state index in [9.17, 15) is 4.79 Å². The molecule has 0 unspecified atom stereocenters. The predicted octanol–water partition coefficient (Wildman–Crippen LogP) is 3.25. The highest BCUT2D eigenvalue weighted by molar-refractivity contribution is 6.30. The number of carbonyl (C=O) groups is 1. The quantitative estimate of drug-likeness (QED) is 0.669. The summed E-state index contributed by atoms with van der Waals surface area (Å²) in [5, 5.41) is 3.53. The highest BCUT2D eigenvalue weighted by Crippen LogP contribution is 2.23. The van der Waals surface area contributed by atoms with E-state index >= 15 is 0 Å². The molecule has 0 radical (unpaired) electrons. The molecule has 3 aromatic rings. The molecule has 2 aromatic heterocycles. The van der Waals surface area contributed by atoms with E-state index in [0.717, 1.165) is 22.5 Å². The van der Waals surface area contributed by atoms with Gasteiger partial charge < -0.3 is 10.3 Å². The van der Waals surface area contributed by atoms with Gasteiger partial charge in [-0.15, -0.1) is 0 Å². The topological polar surface area (TPSA) is 70.7 Å². The van der Waals surface area contributed by atoms with Gasteiger partial charge >= 0.3 is 0 Å². The van der Waals surface area contributed by atoms with E-state index in [1.54, 1.807) is 36.9 Å². The Morgan fingerprint density at radius 1 is 1.20 bits per heavy atom. The van der Waals surface area contributed by atoms with Crippen molar-refractivity contribution < 1.29 is 4.79 Å². The number of halogens is 1. The van der Waals surface area contributed by atoms with Gasteiger partial charge in [-0.3, -0.25) is 9.78 Å². The first kappa shape index (κ1) is 16.9. The van der Waals surface area contributed by atoms with Crippen LogP contribution in [0.5, 0.6) is 0 Å². The van der Waals surface area contributed by atoms with Crippen molar-refractivity contribution in [1.29, 1.82) is 0 Å². The molecule has 0 aliphatic heterocycles. The van der Waals surface area contributed by atoms with Gasteiger partial charge in [0.25, 0.3) is 0 Å². The van der Waals surface area contributed by atoms with E-state index in [1.165, 1.54) is 0 Å². The Balaban J connectivity index is 1.77. The zero-order chi connectivity index (χ0) is 17.5. The van der Waals surface area contributed by atoms with Gasteiger partial charge in [-0.1, -0.05) is 29.8 Å². The fourth-order valence-electron chi connectivity index (χ4n) is 2.38. The molecule has 25 heavy (non-hydrogen) atoms. The molecule has 0 atom stereocenters. The standard InChI is InChI=1S/C19H17ClN4O/c20-15-6-4-14(5-7-15)17(18-3-1-2-9-22-18)11-19(25)23-10-8-16-12-21-13-24-16/h1-7,9,11-13H,8,10H2,(H,21,24)(H,23,25)/b17-11+. The molecular formula is C19H17ClN4O. The number of benzene rings is 1. The first-order chi connectivity index (χ1) is 12.2. The van der Waals surface area contributed by atoms with Crippen molar-refractivity contribution in [2.24, 2.45) is 0 Å². The minimum Gasteiger partial charge on any atom is -0.352 e. The number of carbonyl (C=O) groups excluding carboxylic acids is 1. The van der Waals surface area contributed by atoms with Gasteiger partial charge in [-0.05, 0) is 29.8 Å². The normalized spacial score (nSPS) is 11.3. The summed E-state index contributed by atoms with van der Waals surface area (Å²) in [5.41, 5.74) is 3.34. The molecule has 5 nitrogen and oxygen atoms in total. The molecule has 0 saturated heterocycles. The van der Waals surface area contributed by atoms with Gasteiger partial charge in [0.05, 0.1) is 12.0 Å². The van der Waals surface area contributed by atoms with Crippen LogP contribution in [0.2, 0.25) is 5.02 Å². The van der Waals surface area contributed by atoms with Gasteiger partial charge in [-0.2, -0.15) is 0 Å². The summed E-state index contributed by atoms with van der Waals surface area (Å²) in [5.74, 6) is -0.171. The van der Waals surface area contributed by atoms with E-state index in [0.29, 0.717) is 18.0 Å². The number of hydrogen-bond acceptors (Lipinski definition) is 3. The van der Waals surface area contributed by atoms with Crippen LogP contribution >= 0.6 is 11.6 Å². The molecule has 2 heterocycles. The molecule has 6 heteroatoms. The highest BCUT2D eigenvalue weighted by Gasteiger charge is 2.09. The summed E-state index contributed by atoms with van der Waals surface area (Å²) in [6, 6.07) is 12.9. The van der Waals surface area contributed by atoms with Crippen molar-refractivity contribution in [3.8, 4) is 0 Å². The maximum absolute atomic E-state index is 12.3. The summed E-state index contributed by atoms with van der Waals surface area (Å²) >= 11 is 5.96. The molecule has 0 aliphatic carbocycles. The lowest BCUT2D eigenvalue weighted by atomic mass is 10.0. The number of aromatic amines is 1. The number of nitrogens with zero attached hydrogens (tertiary/aromatic N) is 2. The third-order valence-corrected chi connectivity index (χ3v) is 3.87. The number of pyridine rings is 1. The zero-order valence-corrected chi connectivity index (χ0v) is 14.2. The second-order valence-corrected chi connectivity index (χ2v) is 5.83. The van der Waals surface area contributed by atoms with Gasteiger partial charge in [0.1, 0.15) is 0 Å². The van der Waals surface area contributed by atoms with Crippen molar-refractivity contribution in [3.63, 3.8) is 0 Å². The van der Waals surface area contributed by atoms with E-state index in [-0.39, 0.29) is 5.91 Å². The summed E-state index contributed by atoms with van der Waals surface area (Å²) < 4.78 is 0. The van der Waals surface area contributed by atoms with Gasteiger partial charge in [0.2, 0.25) is 5.91 Å². The van der Waals surface area contributed by atoms with Crippen molar-refractivity contribution >= 4 is 23.1 Å². The molecular weight excluding hydrogens is 336 g/mol. The molecule has 0 aliphatic rings. The van der Waals surface area contributed by atoms with Crippen LogP contribution in [0.1, 0.15) is 17.0 Å². The second kappa shape index (κ2) is 8.26. The Bertz CT molecular complexity index is 843. The van der Waals surface area contributed by atoms with Crippen LogP contribution < -0.4 is 5.32 Å². The van der Waals surface area contributed by atoms with E-state index in [2.05, 4.69) is 20.3 Å². The lowest BCUT2D eigenvalue weighted by molar-refractivity contribution is -0.116. The first-order valence-electron chi connectivity index (χ1n) is 7.86. The number of amides is 1. The summed E-state index contributed by atoms with van der Waals surface area (Å²) in [7, 11) is 0. The monoisotopic (exact) mass is 352 g/mol. The Morgan fingerprint density at radius 3 is 2.72 bits per heavy atom. The zero-order valence-electron chi connectivity index (χ0n) is 13.4. The smallest absolute Gasteiger partial charge is 0.244 e. The third kappa shape index (κ3) is 4.78. The van der Waals surface area contributed by atoms with Crippen LogP contribution in [0.4, 0.5) is 0 Å². The van der Waals surface area contributed by atoms with Gasteiger partial charge in [-0.25, -0.2) is 4.98 Å². The molecule has 0 bridgehead atoms. The summed E-state index contributed by atoms with van der Waals surface area (Å²) in [4.78, 5) is 23.6. The minimum absolute atomic E-state index is 0.171. The molecule has 126 valence electrons. The average Bonchev–Trinajstić information content (AvgIpc) is 3.15. The average molecular weight is 353 g/mol. The van der Waals surface area contributed by atoms with Crippen LogP contribution in [0.15, 0.2) is 67.3 Å². The number of rotatable bonds is 6. The Labute approximate surface area is 150 Å². The number of H-pyrrole nitrogens is 1. The maximum Gasteiger partial charge on any atom is 0.244 e. The summed E-state index contributed by atoms with van der Waals surface area (Å²) in [6.07, 6.45) is 7.33. The minimum atomic E-state index is -0.171. The lowest BCUT2D eigenvalue weighted by Crippen LogP contribution is -2.24. The van der Waals surface area contributed by atoms with Gasteiger partial charge in [0, 0.05) is 47.7 Å². The lowest BCUT2D eigenvalue weighted by Gasteiger charge is -2.08. The van der Waals surface area contributed by atoms with E-state index in [4.69, 9.17) is 11.6 Å². The summed E-state index contributed by atoms with van der Waals surface area (Å²) in [6.45, 7) is 0.521. The van der Waals surface area contributed by atoms with Crippen LogP contribution in [0.3, 0.4) is 0 Å². The molecule has 3 rings (SSSR count). The number of aromatic nitrogens is 3. The molecule has 0 fully saturated rings. The number of nitrogens with one attached hydrogen (secondary N) is 2. The predicted molar refractivity (Wildman–Crippen MR) is 98.1 cm³/mol. The van der Waals surface area contributed by atoms with Crippen molar-refractivity contribution in [2.45, 2.75) is 6.42 Å². The van der Waals surface area contributed by atoms with Crippen molar-refractivity contribution in [1.82, 2.24) is 20.3 Å². The third-order valence-electron chi connectivity index (χ3n) is 3.62. The molecule has 0 spiro atoms. The van der Waals surface area contributed by atoms with E-state index < -0.39 is 0 Å². The van der Waals surface area contributed by atoms with E-state index in [1.807, 2.05) is 30.3 Å². The SMILES string of the molecule is O=C(/C=C(\c1ccc(Cl)cc1)c1ccccn1)NCCc1cnc[nH]1. The van der Waals surface area contributed by atoms with Crippen LogP contribution in [-0.2, 0) is 11.2 Å². The molecule has 1 aromatic carbocycles. The molecule has 1 amide bonds. The van der Waals surface area contributed by atoms with Crippen LogP contribution in [0.25, 0.3) is 5.57 Å². The van der Waals surface area contributed by atoms with Crippen molar-refractivity contribution in [2.75, 3.05) is 6.54 Å². The Hall–Kier alpha value is -2.92. The molecule has 2 N–H and O–H groups in total. The Kier molecular flexibility index (Phi) is 5.59. The fourth-order valence-corrected chi connectivity index (χ4v) is 2.51. The first-order valence-corrected chi connectivity index (χ1v) is 8.24. The Morgan fingerprint density at radius 2 is 2.04 bits per heavy atom. The maximum atomic E-state index is 12.3. The second-order valence-electron chi connectivity index (χ2n) is 5.40.